The van der Waals surface area contributed by atoms with Crippen molar-refractivity contribution in [2.45, 2.75) is 59.0 Å². The number of nitrogens with one attached hydrogen (secondary N) is 3. The molecule has 0 heterocycles. The molecule has 0 spiro atoms. The van der Waals surface area contributed by atoms with Crippen LogP contribution in [-0.4, -0.2) is 22.9 Å². The molecule has 0 radical (unpaired) electrons. The molecule has 0 bridgehead atoms. The van der Waals surface area contributed by atoms with Crippen molar-refractivity contribution in [3.05, 3.63) is 0 Å². The molecular weight excluding hydrogens is 273 g/mol. The first-order chi connectivity index (χ1) is 7.87. The second-order valence-corrected chi connectivity index (χ2v) is 8.57. The van der Waals surface area contributed by atoms with Crippen molar-refractivity contribution in [2.75, 3.05) is 5.88 Å². The molecular formula is C11H25ClN3O2P. The van der Waals surface area contributed by atoms with Gasteiger partial charge in [-0.15, -0.1) is 11.6 Å². The predicted octanol–water partition coefficient (Wildman–Crippen LogP) is 2.62. The lowest BCUT2D eigenvalue weighted by atomic mass is 10.1. The van der Waals surface area contributed by atoms with Crippen molar-refractivity contribution in [1.82, 2.24) is 15.3 Å². The molecule has 0 fully saturated rings. The average Bonchev–Trinajstić information content (AvgIpc) is 1.93. The predicted molar refractivity (Wildman–Crippen MR) is 76.9 cm³/mol. The number of carbonyl (C=O) groups excluding carboxylic acids is 1. The lowest BCUT2D eigenvalue weighted by Gasteiger charge is -2.34. The SMILES string of the molecule is CC(C)(C)NP(=O)(NC(=O)CCCl)NC(C)(C)C. The van der Waals surface area contributed by atoms with Gasteiger partial charge in [0, 0.05) is 23.4 Å². The van der Waals surface area contributed by atoms with E-state index in [1.165, 1.54) is 0 Å². The zero-order chi connectivity index (χ0) is 14.6. The zero-order valence-electron chi connectivity index (χ0n) is 12.1. The summed E-state index contributed by atoms with van der Waals surface area (Å²) in [5.74, 6) is -0.126. The number of hydrogen-bond acceptors (Lipinski definition) is 2. The molecule has 0 aromatic heterocycles. The van der Waals surface area contributed by atoms with Gasteiger partial charge >= 0.3 is 7.59 Å². The number of amides is 1. The van der Waals surface area contributed by atoms with Crippen LogP contribution in [0, 0.1) is 0 Å². The minimum atomic E-state index is -3.21. The molecule has 0 unspecified atom stereocenters. The van der Waals surface area contributed by atoms with Gasteiger partial charge in [0.1, 0.15) is 0 Å². The summed E-state index contributed by atoms with van der Waals surface area (Å²) >= 11 is 5.50. The van der Waals surface area contributed by atoms with Crippen LogP contribution in [0.2, 0.25) is 0 Å². The number of rotatable bonds is 5. The molecule has 0 saturated carbocycles. The van der Waals surface area contributed by atoms with Crippen molar-refractivity contribution in [3.63, 3.8) is 0 Å². The van der Waals surface area contributed by atoms with Gasteiger partial charge in [-0.05, 0) is 41.5 Å². The van der Waals surface area contributed by atoms with Gasteiger partial charge in [-0.25, -0.2) is 10.2 Å². The van der Waals surface area contributed by atoms with Crippen LogP contribution in [0.1, 0.15) is 48.0 Å². The highest BCUT2D eigenvalue weighted by molar-refractivity contribution is 7.58. The van der Waals surface area contributed by atoms with Gasteiger partial charge in [-0.3, -0.25) is 14.4 Å². The van der Waals surface area contributed by atoms with Crippen LogP contribution in [0.15, 0.2) is 0 Å². The van der Waals surface area contributed by atoms with E-state index in [0.29, 0.717) is 0 Å². The maximum absolute atomic E-state index is 12.7. The summed E-state index contributed by atoms with van der Waals surface area (Å²) in [5.41, 5.74) is -0.774. The number of halogens is 1. The van der Waals surface area contributed by atoms with Crippen LogP contribution in [-0.2, 0) is 9.36 Å². The third kappa shape index (κ3) is 8.92. The Bertz CT molecular complexity index is 314. The summed E-state index contributed by atoms with van der Waals surface area (Å²) in [7, 11) is -3.21. The van der Waals surface area contributed by atoms with Crippen molar-refractivity contribution in [1.29, 1.82) is 0 Å². The monoisotopic (exact) mass is 297 g/mol. The van der Waals surface area contributed by atoms with Gasteiger partial charge in [-0.1, -0.05) is 0 Å². The second kappa shape index (κ2) is 6.38. The van der Waals surface area contributed by atoms with E-state index in [2.05, 4.69) is 15.3 Å². The summed E-state index contributed by atoms with van der Waals surface area (Å²) < 4.78 is 12.7. The molecule has 3 N–H and O–H groups in total. The molecule has 108 valence electrons. The van der Waals surface area contributed by atoms with Crippen LogP contribution < -0.4 is 15.3 Å². The van der Waals surface area contributed by atoms with E-state index in [1.807, 2.05) is 41.5 Å². The highest BCUT2D eigenvalue weighted by Crippen LogP contribution is 2.36. The molecule has 5 nitrogen and oxygen atoms in total. The van der Waals surface area contributed by atoms with E-state index in [-0.39, 0.29) is 29.3 Å². The van der Waals surface area contributed by atoms with Gasteiger partial charge in [0.05, 0.1) is 0 Å². The third-order valence-electron chi connectivity index (χ3n) is 1.59. The maximum atomic E-state index is 12.7. The Balaban J connectivity index is 4.93. The highest BCUT2D eigenvalue weighted by Gasteiger charge is 2.32. The molecule has 0 aliphatic heterocycles. The first-order valence-corrected chi connectivity index (χ1v) is 8.17. The number of alkyl halides is 1. The number of carbonyl (C=O) groups is 1. The van der Waals surface area contributed by atoms with Gasteiger partial charge in [-0.2, -0.15) is 0 Å². The Morgan fingerprint density at radius 2 is 1.44 bits per heavy atom. The Labute approximate surface area is 115 Å². The van der Waals surface area contributed by atoms with Crippen molar-refractivity contribution in [2.24, 2.45) is 0 Å². The van der Waals surface area contributed by atoms with Crippen molar-refractivity contribution < 1.29 is 9.36 Å². The molecule has 1 amide bonds. The average molecular weight is 298 g/mol. The molecule has 0 rings (SSSR count). The third-order valence-corrected chi connectivity index (χ3v) is 4.31. The van der Waals surface area contributed by atoms with E-state index in [0.717, 1.165) is 0 Å². The molecule has 0 atom stereocenters. The van der Waals surface area contributed by atoms with E-state index in [9.17, 15) is 9.36 Å². The summed E-state index contributed by atoms with van der Waals surface area (Å²) in [4.78, 5) is 11.6. The minimum Gasteiger partial charge on any atom is -0.283 e. The molecule has 0 aromatic carbocycles. The normalized spacial score (nSPS) is 13.5. The lowest BCUT2D eigenvalue weighted by molar-refractivity contribution is -0.119. The van der Waals surface area contributed by atoms with Crippen LogP contribution in [0.5, 0.6) is 0 Å². The summed E-state index contributed by atoms with van der Waals surface area (Å²) in [6.07, 6.45) is 0.142. The second-order valence-electron chi connectivity index (χ2n) is 6.31. The largest absolute Gasteiger partial charge is 0.306 e. The topological polar surface area (TPSA) is 70.2 Å². The van der Waals surface area contributed by atoms with E-state index < -0.39 is 7.59 Å². The molecule has 0 aromatic rings. The van der Waals surface area contributed by atoms with Gasteiger partial charge in [0.15, 0.2) is 0 Å². The molecule has 0 aliphatic carbocycles. The fourth-order valence-electron chi connectivity index (χ4n) is 1.35. The first-order valence-electron chi connectivity index (χ1n) is 5.93. The zero-order valence-corrected chi connectivity index (χ0v) is 13.7. The van der Waals surface area contributed by atoms with Crippen LogP contribution in [0.4, 0.5) is 0 Å². The first kappa shape index (κ1) is 17.9. The summed E-state index contributed by atoms with van der Waals surface area (Å²) in [6.45, 7) is 11.3. The van der Waals surface area contributed by atoms with Crippen LogP contribution >= 0.6 is 19.2 Å². The molecule has 0 aliphatic rings. The highest BCUT2D eigenvalue weighted by atomic mass is 35.5. The van der Waals surface area contributed by atoms with Crippen molar-refractivity contribution in [3.8, 4) is 0 Å². The van der Waals surface area contributed by atoms with Gasteiger partial charge < -0.3 is 0 Å². The summed E-state index contributed by atoms with van der Waals surface area (Å²) in [5, 5.41) is 8.41. The maximum Gasteiger partial charge on any atom is 0.306 e. The molecule has 18 heavy (non-hydrogen) atoms. The Hall–Kier alpha value is -0.0900. The lowest BCUT2D eigenvalue weighted by Crippen LogP contribution is -2.48. The van der Waals surface area contributed by atoms with Gasteiger partial charge in [0.25, 0.3) is 0 Å². The Morgan fingerprint density at radius 1 is 1.06 bits per heavy atom. The quantitative estimate of drug-likeness (QED) is 0.539. The standard InChI is InChI=1S/C11H25ClN3O2P/c1-10(2,3)14-18(17,15-11(4,5)6)13-9(16)7-8-12/h7-8H2,1-6H3,(H3,13,14,15,16,17). The van der Waals surface area contributed by atoms with Crippen LogP contribution in [0.3, 0.4) is 0 Å². The Kier molecular flexibility index (Phi) is 6.34. The molecule has 7 heteroatoms. The van der Waals surface area contributed by atoms with E-state index in [1.54, 1.807) is 0 Å². The fraction of sp³-hybridized carbons (Fsp3) is 0.909. The number of hydrogen-bond donors (Lipinski definition) is 3. The Morgan fingerprint density at radius 3 is 1.72 bits per heavy atom. The molecule has 0 saturated heterocycles. The van der Waals surface area contributed by atoms with E-state index >= 15 is 0 Å². The van der Waals surface area contributed by atoms with E-state index in [4.69, 9.17) is 11.6 Å². The minimum absolute atomic E-state index is 0.142. The summed E-state index contributed by atoms with van der Waals surface area (Å²) in [6, 6.07) is 0. The van der Waals surface area contributed by atoms with Crippen molar-refractivity contribution >= 4 is 25.1 Å². The van der Waals surface area contributed by atoms with Crippen LogP contribution in [0.25, 0.3) is 0 Å². The fourth-order valence-corrected chi connectivity index (χ4v) is 4.04. The smallest absolute Gasteiger partial charge is 0.283 e. The van der Waals surface area contributed by atoms with Gasteiger partial charge in [0.2, 0.25) is 5.91 Å².